The lowest BCUT2D eigenvalue weighted by molar-refractivity contribution is -0.117. The van der Waals surface area contributed by atoms with E-state index in [1.807, 2.05) is 48.5 Å². The molecule has 8 nitrogen and oxygen atoms in total. The number of aromatic nitrogens is 4. The lowest BCUT2D eigenvalue weighted by Crippen LogP contribution is -2.22. The van der Waals surface area contributed by atoms with Gasteiger partial charge in [0.25, 0.3) is 5.91 Å². The summed E-state index contributed by atoms with van der Waals surface area (Å²) < 4.78 is 0. The van der Waals surface area contributed by atoms with Crippen molar-refractivity contribution in [1.29, 1.82) is 0 Å². The van der Waals surface area contributed by atoms with Gasteiger partial charge in [-0.05, 0) is 29.5 Å². The lowest BCUT2D eigenvalue weighted by Gasteiger charge is -2.11. The van der Waals surface area contributed by atoms with Crippen molar-refractivity contribution in [2.75, 3.05) is 10.6 Å². The van der Waals surface area contributed by atoms with Crippen LogP contribution in [0.15, 0.2) is 84.9 Å². The van der Waals surface area contributed by atoms with Crippen LogP contribution in [0, 0.1) is 0 Å². The molecule has 0 aliphatic heterocycles. The fourth-order valence-corrected chi connectivity index (χ4v) is 2.84. The summed E-state index contributed by atoms with van der Waals surface area (Å²) in [6.07, 6.45) is 0. The lowest BCUT2D eigenvalue weighted by atomic mass is 10.1. The summed E-state index contributed by atoms with van der Waals surface area (Å²) >= 11 is 0. The standard InChI is InChI=1S/C22H18N6O2/c29-20(15-28-26-21(25-27-28)16-9-3-1-4-10-16)24-19-14-8-7-13-18(19)22(30)23-17-11-5-2-6-12-17/h1-14H,15H2,(H,23,30)(H,24,29). The van der Waals surface area contributed by atoms with E-state index in [1.54, 1.807) is 36.4 Å². The van der Waals surface area contributed by atoms with Gasteiger partial charge in [0.05, 0.1) is 11.3 Å². The molecular formula is C22H18N6O2. The normalized spacial score (nSPS) is 10.4. The Hall–Kier alpha value is -4.33. The zero-order valence-corrected chi connectivity index (χ0v) is 15.9. The van der Waals surface area contributed by atoms with Gasteiger partial charge in [0.2, 0.25) is 11.7 Å². The molecule has 0 unspecified atom stereocenters. The van der Waals surface area contributed by atoms with E-state index in [0.717, 1.165) is 5.56 Å². The molecule has 0 aliphatic carbocycles. The number of para-hydroxylation sites is 2. The first-order valence-corrected chi connectivity index (χ1v) is 9.27. The highest BCUT2D eigenvalue weighted by molar-refractivity contribution is 6.10. The Labute approximate surface area is 172 Å². The molecule has 2 N–H and O–H groups in total. The van der Waals surface area contributed by atoms with Gasteiger partial charge in [0, 0.05) is 11.3 Å². The number of hydrogen-bond acceptors (Lipinski definition) is 5. The van der Waals surface area contributed by atoms with Crippen molar-refractivity contribution in [3.05, 3.63) is 90.5 Å². The summed E-state index contributed by atoms with van der Waals surface area (Å²) in [6, 6.07) is 25.3. The van der Waals surface area contributed by atoms with Gasteiger partial charge in [-0.2, -0.15) is 4.80 Å². The van der Waals surface area contributed by atoms with Gasteiger partial charge >= 0.3 is 0 Å². The van der Waals surface area contributed by atoms with Gasteiger partial charge in [0.15, 0.2) is 0 Å². The second-order valence-corrected chi connectivity index (χ2v) is 6.42. The summed E-state index contributed by atoms with van der Waals surface area (Å²) in [5, 5.41) is 17.7. The summed E-state index contributed by atoms with van der Waals surface area (Å²) in [5.74, 6) is -0.250. The molecule has 148 valence electrons. The number of nitrogens with one attached hydrogen (secondary N) is 2. The molecule has 0 fully saturated rings. The van der Waals surface area contributed by atoms with Crippen molar-refractivity contribution < 1.29 is 9.59 Å². The van der Waals surface area contributed by atoms with Gasteiger partial charge < -0.3 is 10.6 Å². The summed E-state index contributed by atoms with van der Waals surface area (Å²) in [7, 11) is 0. The topological polar surface area (TPSA) is 102 Å². The third-order valence-corrected chi connectivity index (χ3v) is 4.25. The predicted molar refractivity (Wildman–Crippen MR) is 113 cm³/mol. The zero-order valence-electron chi connectivity index (χ0n) is 15.9. The van der Waals surface area contributed by atoms with Crippen LogP contribution in [0.1, 0.15) is 10.4 Å². The Kier molecular flexibility index (Phi) is 5.56. The summed E-state index contributed by atoms with van der Waals surface area (Å²) in [4.78, 5) is 26.3. The van der Waals surface area contributed by atoms with Gasteiger partial charge in [-0.15, -0.1) is 10.2 Å². The Morgan fingerprint density at radius 3 is 2.23 bits per heavy atom. The van der Waals surface area contributed by atoms with Crippen LogP contribution in [0.25, 0.3) is 11.4 Å². The van der Waals surface area contributed by atoms with Crippen molar-refractivity contribution in [3.63, 3.8) is 0 Å². The van der Waals surface area contributed by atoms with E-state index >= 15 is 0 Å². The van der Waals surface area contributed by atoms with E-state index < -0.39 is 0 Å². The van der Waals surface area contributed by atoms with Crippen LogP contribution in [-0.4, -0.2) is 32.0 Å². The number of carbonyl (C=O) groups is 2. The minimum absolute atomic E-state index is 0.130. The Balaban J connectivity index is 1.44. The minimum Gasteiger partial charge on any atom is -0.324 e. The van der Waals surface area contributed by atoms with Crippen LogP contribution in [0.5, 0.6) is 0 Å². The third kappa shape index (κ3) is 4.56. The van der Waals surface area contributed by atoms with E-state index in [1.165, 1.54) is 4.80 Å². The number of amides is 2. The molecule has 0 radical (unpaired) electrons. The monoisotopic (exact) mass is 398 g/mol. The minimum atomic E-state index is -0.369. The molecule has 1 aromatic heterocycles. The molecule has 0 atom stereocenters. The zero-order chi connectivity index (χ0) is 20.8. The number of tetrazole rings is 1. The Morgan fingerprint density at radius 1 is 0.800 bits per heavy atom. The molecule has 4 rings (SSSR count). The van der Waals surface area contributed by atoms with Crippen LogP contribution in [-0.2, 0) is 11.3 Å². The predicted octanol–water partition coefficient (Wildman–Crippen LogP) is 3.23. The number of carbonyl (C=O) groups excluding carboxylic acids is 2. The second-order valence-electron chi connectivity index (χ2n) is 6.42. The van der Waals surface area contributed by atoms with Crippen molar-refractivity contribution in [3.8, 4) is 11.4 Å². The Morgan fingerprint density at radius 2 is 1.47 bits per heavy atom. The van der Waals surface area contributed by atoms with E-state index in [-0.39, 0.29) is 18.4 Å². The van der Waals surface area contributed by atoms with Crippen LogP contribution < -0.4 is 10.6 Å². The third-order valence-electron chi connectivity index (χ3n) is 4.25. The van der Waals surface area contributed by atoms with Crippen molar-refractivity contribution in [2.45, 2.75) is 6.54 Å². The van der Waals surface area contributed by atoms with Gasteiger partial charge in [-0.1, -0.05) is 60.7 Å². The highest BCUT2D eigenvalue weighted by Gasteiger charge is 2.15. The maximum Gasteiger partial charge on any atom is 0.257 e. The average Bonchev–Trinajstić information content (AvgIpc) is 3.24. The number of nitrogens with zero attached hydrogens (tertiary/aromatic N) is 4. The molecule has 0 saturated heterocycles. The Bertz CT molecular complexity index is 1160. The molecule has 0 aliphatic rings. The van der Waals surface area contributed by atoms with Gasteiger partial charge in [-0.25, -0.2) is 0 Å². The molecule has 2 amide bonds. The van der Waals surface area contributed by atoms with Crippen LogP contribution in [0.4, 0.5) is 11.4 Å². The number of anilines is 2. The number of benzene rings is 3. The SMILES string of the molecule is O=C(Cn1nnc(-c2ccccc2)n1)Nc1ccccc1C(=O)Nc1ccccc1. The van der Waals surface area contributed by atoms with Crippen LogP contribution in [0.2, 0.25) is 0 Å². The quantitative estimate of drug-likeness (QED) is 0.519. The highest BCUT2D eigenvalue weighted by atomic mass is 16.2. The second kappa shape index (κ2) is 8.78. The van der Waals surface area contributed by atoms with Gasteiger partial charge in [0.1, 0.15) is 6.54 Å². The maximum atomic E-state index is 12.6. The number of rotatable bonds is 6. The van der Waals surface area contributed by atoms with Crippen molar-refractivity contribution >= 4 is 23.2 Å². The molecule has 0 saturated carbocycles. The van der Waals surface area contributed by atoms with Crippen LogP contribution >= 0.6 is 0 Å². The van der Waals surface area contributed by atoms with E-state index in [4.69, 9.17) is 0 Å². The summed E-state index contributed by atoms with van der Waals surface area (Å²) in [5.41, 5.74) is 2.24. The fraction of sp³-hybridized carbons (Fsp3) is 0.0455. The summed E-state index contributed by atoms with van der Waals surface area (Å²) in [6.45, 7) is -0.130. The van der Waals surface area contributed by atoms with E-state index in [9.17, 15) is 9.59 Å². The smallest absolute Gasteiger partial charge is 0.257 e. The van der Waals surface area contributed by atoms with Crippen LogP contribution in [0.3, 0.4) is 0 Å². The molecule has 4 aromatic rings. The van der Waals surface area contributed by atoms with E-state index in [0.29, 0.717) is 22.8 Å². The average molecular weight is 398 g/mol. The molecule has 30 heavy (non-hydrogen) atoms. The van der Waals surface area contributed by atoms with Gasteiger partial charge in [-0.3, -0.25) is 9.59 Å². The maximum absolute atomic E-state index is 12.6. The fourth-order valence-electron chi connectivity index (χ4n) is 2.84. The highest BCUT2D eigenvalue weighted by Crippen LogP contribution is 2.18. The number of hydrogen-bond donors (Lipinski definition) is 2. The first-order chi connectivity index (χ1) is 14.7. The molecule has 8 heteroatoms. The van der Waals surface area contributed by atoms with Crippen molar-refractivity contribution in [2.24, 2.45) is 0 Å². The molecule has 1 heterocycles. The molecule has 0 spiro atoms. The molecule has 3 aromatic carbocycles. The van der Waals surface area contributed by atoms with E-state index in [2.05, 4.69) is 26.0 Å². The van der Waals surface area contributed by atoms with Crippen molar-refractivity contribution in [1.82, 2.24) is 20.2 Å². The molecular weight excluding hydrogens is 380 g/mol. The first-order valence-electron chi connectivity index (χ1n) is 9.27. The largest absolute Gasteiger partial charge is 0.324 e. The first kappa shape index (κ1) is 19.0. The molecule has 0 bridgehead atoms.